The highest BCUT2D eigenvalue weighted by atomic mass is 16.5. The van der Waals surface area contributed by atoms with E-state index in [0.29, 0.717) is 35.5 Å². The molecule has 0 radical (unpaired) electrons. The first-order valence-electron chi connectivity index (χ1n) is 9.62. The van der Waals surface area contributed by atoms with Crippen molar-refractivity contribution in [3.05, 3.63) is 64.1 Å². The third-order valence-electron chi connectivity index (χ3n) is 4.59. The molecule has 29 heavy (non-hydrogen) atoms. The van der Waals surface area contributed by atoms with Crippen LogP contribution < -0.4 is 20.3 Å². The normalized spacial score (nSPS) is 11.9. The van der Waals surface area contributed by atoms with E-state index in [1.807, 2.05) is 39.0 Å². The summed E-state index contributed by atoms with van der Waals surface area (Å²) in [6.07, 6.45) is 0. The second-order valence-corrected chi connectivity index (χ2v) is 6.59. The molecule has 0 aliphatic heterocycles. The number of hydrogen-bond donors (Lipinski definition) is 1. The second-order valence-electron chi connectivity index (χ2n) is 6.59. The van der Waals surface area contributed by atoms with Gasteiger partial charge in [-0.1, -0.05) is 24.3 Å². The third-order valence-corrected chi connectivity index (χ3v) is 4.59. The van der Waals surface area contributed by atoms with Gasteiger partial charge in [0.1, 0.15) is 0 Å². The number of nitrogens with zero attached hydrogens (tertiary/aromatic N) is 2. The van der Waals surface area contributed by atoms with E-state index >= 15 is 0 Å². The van der Waals surface area contributed by atoms with Gasteiger partial charge in [0.15, 0.2) is 17.2 Å². The molecule has 0 saturated carbocycles. The van der Waals surface area contributed by atoms with Crippen molar-refractivity contribution in [1.82, 2.24) is 15.1 Å². The molecule has 1 atom stereocenters. The van der Waals surface area contributed by atoms with Crippen LogP contribution in [-0.4, -0.2) is 28.9 Å². The number of amides is 1. The molecule has 1 aromatic heterocycles. The summed E-state index contributed by atoms with van der Waals surface area (Å²) in [5, 5.41) is 8.13. The Balaban J connectivity index is 1.90. The molecular formula is C22H25N3O4. The lowest BCUT2D eigenvalue weighted by Gasteiger charge is -2.18. The lowest BCUT2D eigenvalue weighted by atomic mass is 10.1. The summed E-state index contributed by atoms with van der Waals surface area (Å²) in [5.41, 5.74) is 0.850. The van der Waals surface area contributed by atoms with E-state index in [1.165, 1.54) is 11.7 Å². The summed E-state index contributed by atoms with van der Waals surface area (Å²) in [7, 11) is 1.54. The Kier molecular flexibility index (Phi) is 6.16. The number of carbonyl (C=O) groups excluding carboxylic acids is 1. The molecule has 0 saturated heterocycles. The highest BCUT2D eigenvalue weighted by Gasteiger charge is 2.19. The van der Waals surface area contributed by atoms with Gasteiger partial charge in [-0.2, -0.15) is 5.10 Å². The first kappa shape index (κ1) is 20.4. The van der Waals surface area contributed by atoms with E-state index in [-0.39, 0.29) is 23.2 Å². The van der Waals surface area contributed by atoms with Gasteiger partial charge in [-0.05, 0) is 44.5 Å². The number of rotatable bonds is 7. The quantitative estimate of drug-likeness (QED) is 0.664. The number of aromatic nitrogens is 2. The average Bonchev–Trinajstić information content (AvgIpc) is 2.72. The van der Waals surface area contributed by atoms with Gasteiger partial charge in [-0.3, -0.25) is 9.59 Å². The number of fused-ring (bicyclic) bond motifs is 1. The summed E-state index contributed by atoms with van der Waals surface area (Å²) < 4.78 is 12.4. The smallest absolute Gasteiger partial charge is 0.274 e. The van der Waals surface area contributed by atoms with E-state index in [2.05, 4.69) is 10.4 Å². The average molecular weight is 395 g/mol. The minimum atomic E-state index is -0.351. The van der Waals surface area contributed by atoms with E-state index < -0.39 is 0 Å². The molecular weight excluding hydrogens is 370 g/mol. The Bertz CT molecular complexity index is 1090. The van der Waals surface area contributed by atoms with Crippen LogP contribution in [0.5, 0.6) is 11.5 Å². The zero-order chi connectivity index (χ0) is 21.0. The summed E-state index contributed by atoms with van der Waals surface area (Å²) in [6, 6.07) is 12.3. The van der Waals surface area contributed by atoms with Crippen LogP contribution in [0.15, 0.2) is 47.3 Å². The Hall–Kier alpha value is -3.35. The van der Waals surface area contributed by atoms with E-state index in [9.17, 15) is 9.59 Å². The summed E-state index contributed by atoms with van der Waals surface area (Å²) >= 11 is 0. The van der Waals surface area contributed by atoms with Crippen molar-refractivity contribution in [2.24, 2.45) is 7.05 Å². The molecule has 7 heteroatoms. The summed E-state index contributed by atoms with van der Waals surface area (Å²) in [6.45, 7) is 6.75. The molecule has 0 aliphatic rings. The maximum atomic E-state index is 12.9. The fourth-order valence-corrected chi connectivity index (χ4v) is 3.15. The van der Waals surface area contributed by atoms with Crippen molar-refractivity contribution in [3.8, 4) is 11.5 Å². The molecule has 0 fully saturated rings. The van der Waals surface area contributed by atoms with Crippen LogP contribution in [-0.2, 0) is 7.05 Å². The Morgan fingerprint density at radius 3 is 2.41 bits per heavy atom. The number of nitrogens with one attached hydrogen (secondary N) is 1. The standard InChI is InChI=1S/C22H25N3O4/c1-5-28-18-12-11-15(13-19(18)29-6-2)14(3)23-21(26)20-16-9-7-8-10-17(16)22(27)25(4)24-20/h7-14H,5-6H2,1-4H3,(H,23,26)/t14-/m0/s1. The lowest BCUT2D eigenvalue weighted by Crippen LogP contribution is -2.31. The molecule has 7 nitrogen and oxygen atoms in total. The molecule has 3 rings (SSSR count). The zero-order valence-electron chi connectivity index (χ0n) is 17.1. The molecule has 152 valence electrons. The van der Waals surface area contributed by atoms with Crippen LogP contribution in [0.1, 0.15) is 42.9 Å². The summed E-state index contributed by atoms with van der Waals surface area (Å²) in [5.74, 6) is 0.956. The fourth-order valence-electron chi connectivity index (χ4n) is 3.15. The molecule has 0 spiro atoms. The largest absolute Gasteiger partial charge is 0.490 e. The summed E-state index contributed by atoms with van der Waals surface area (Å²) in [4.78, 5) is 25.2. The Morgan fingerprint density at radius 2 is 1.72 bits per heavy atom. The van der Waals surface area contributed by atoms with Gasteiger partial charge in [0.25, 0.3) is 11.5 Å². The van der Waals surface area contributed by atoms with E-state index in [1.54, 1.807) is 24.3 Å². The maximum Gasteiger partial charge on any atom is 0.274 e. The van der Waals surface area contributed by atoms with E-state index in [4.69, 9.17) is 9.47 Å². The SMILES string of the molecule is CCOc1ccc([C@H](C)NC(=O)c2nn(C)c(=O)c3ccccc23)cc1OCC. The van der Waals surface area contributed by atoms with Crippen LogP contribution in [0.2, 0.25) is 0 Å². The van der Waals surface area contributed by atoms with Crippen LogP contribution in [0.4, 0.5) is 0 Å². The first-order chi connectivity index (χ1) is 14.0. The van der Waals surface area contributed by atoms with Crippen LogP contribution >= 0.6 is 0 Å². The topological polar surface area (TPSA) is 82.5 Å². The number of ether oxygens (including phenoxy) is 2. The predicted octanol–water partition coefficient (Wildman–Crippen LogP) is 3.22. The van der Waals surface area contributed by atoms with Crippen LogP contribution in [0.3, 0.4) is 0 Å². The molecule has 1 amide bonds. The number of benzene rings is 2. The van der Waals surface area contributed by atoms with Crippen molar-refractivity contribution < 1.29 is 14.3 Å². The molecule has 0 bridgehead atoms. The lowest BCUT2D eigenvalue weighted by molar-refractivity contribution is 0.0934. The zero-order valence-corrected chi connectivity index (χ0v) is 17.1. The molecule has 0 aliphatic carbocycles. The van der Waals surface area contributed by atoms with Crippen LogP contribution in [0, 0.1) is 0 Å². The number of carbonyl (C=O) groups is 1. The number of hydrogen-bond acceptors (Lipinski definition) is 5. The minimum absolute atomic E-state index is 0.213. The van der Waals surface area contributed by atoms with Gasteiger partial charge in [0.2, 0.25) is 0 Å². The van der Waals surface area contributed by atoms with Gasteiger partial charge in [0, 0.05) is 12.4 Å². The van der Waals surface area contributed by atoms with Gasteiger partial charge < -0.3 is 14.8 Å². The van der Waals surface area contributed by atoms with Crippen LogP contribution in [0.25, 0.3) is 10.8 Å². The number of aryl methyl sites for hydroxylation is 1. The van der Waals surface area contributed by atoms with Gasteiger partial charge >= 0.3 is 0 Å². The van der Waals surface area contributed by atoms with Crippen molar-refractivity contribution in [3.63, 3.8) is 0 Å². The molecule has 1 heterocycles. The van der Waals surface area contributed by atoms with Gasteiger partial charge in [-0.15, -0.1) is 0 Å². The van der Waals surface area contributed by atoms with E-state index in [0.717, 1.165) is 5.56 Å². The molecule has 2 aromatic carbocycles. The minimum Gasteiger partial charge on any atom is -0.490 e. The highest BCUT2D eigenvalue weighted by molar-refractivity contribution is 6.04. The Labute approximate surface area is 169 Å². The third kappa shape index (κ3) is 4.23. The molecule has 3 aromatic rings. The van der Waals surface area contributed by atoms with Gasteiger partial charge in [-0.25, -0.2) is 4.68 Å². The van der Waals surface area contributed by atoms with Crippen molar-refractivity contribution >= 4 is 16.7 Å². The maximum absolute atomic E-state index is 12.9. The fraction of sp³-hybridized carbons (Fsp3) is 0.318. The molecule has 1 N–H and O–H groups in total. The monoisotopic (exact) mass is 395 g/mol. The molecule has 0 unspecified atom stereocenters. The van der Waals surface area contributed by atoms with Crippen molar-refractivity contribution in [1.29, 1.82) is 0 Å². The first-order valence-corrected chi connectivity index (χ1v) is 9.62. The van der Waals surface area contributed by atoms with Crippen molar-refractivity contribution in [2.75, 3.05) is 13.2 Å². The highest BCUT2D eigenvalue weighted by Crippen LogP contribution is 2.31. The second kappa shape index (κ2) is 8.77. The van der Waals surface area contributed by atoms with Gasteiger partial charge in [0.05, 0.1) is 24.6 Å². The van der Waals surface area contributed by atoms with Crippen molar-refractivity contribution in [2.45, 2.75) is 26.8 Å². The Morgan fingerprint density at radius 1 is 1.07 bits per heavy atom. The predicted molar refractivity (Wildman–Crippen MR) is 112 cm³/mol.